The van der Waals surface area contributed by atoms with E-state index in [2.05, 4.69) is 15.6 Å². The minimum atomic E-state index is -0.774. The maximum Gasteiger partial charge on any atom is 0.338 e. The molecule has 0 atom stereocenters. The molecular formula is C18H18N6O2S. The summed E-state index contributed by atoms with van der Waals surface area (Å²) in [7, 11) is 1.84. The Morgan fingerprint density at radius 1 is 1.07 bits per heavy atom. The molecule has 3 rings (SSSR count). The molecule has 0 bridgehead atoms. The molecule has 3 N–H and O–H groups in total. The average Bonchev–Trinajstić information content (AvgIpc) is 3.06. The number of hydrogen-bond acceptors (Lipinski definition) is 5. The highest BCUT2D eigenvalue weighted by Crippen LogP contribution is 2.22. The van der Waals surface area contributed by atoms with Gasteiger partial charge in [-0.15, -0.1) is 10.2 Å². The van der Waals surface area contributed by atoms with Gasteiger partial charge in [0.2, 0.25) is 5.91 Å². The lowest BCUT2D eigenvalue weighted by molar-refractivity contribution is -0.118. The fourth-order valence-corrected chi connectivity index (χ4v) is 3.09. The lowest BCUT2D eigenvalue weighted by Crippen LogP contribution is -2.49. The van der Waals surface area contributed by atoms with Crippen molar-refractivity contribution in [2.45, 2.75) is 5.16 Å². The summed E-state index contributed by atoms with van der Waals surface area (Å²) in [5.41, 5.74) is 9.28. The van der Waals surface area contributed by atoms with Gasteiger partial charge in [-0.1, -0.05) is 60.3 Å². The zero-order valence-electron chi connectivity index (χ0n) is 14.6. The van der Waals surface area contributed by atoms with Crippen molar-refractivity contribution in [1.29, 1.82) is 0 Å². The van der Waals surface area contributed by atoms with Crippen LogP contribution in [0.2, 0.25) is 0 Å². The first-order valence-electron chi connectivity index (χ1n) is 8.08. The number of carbonyl (C=O) groups is 2. The number of thioether (sulfide) groups is 1. The second kappa shape index (κ2) is 8.37. The van der Waals surface area contributed by atoms with Crippen molar-refractivity contribution in [2.24, 2.45) is 12.8 Å². The number of primary amides is 1. The number of urea groups is 1. The zero-order chi connectivity index (χ0) is 19.2. The van der Waals surface area contributed by atoms with Gasteiger partial charge in [-0.05, 0) is 12.1 Å². The van der Waals surface area contributed by atoms with E-state index in [-0.39, 0.29) is 11.7 Å². The Labute approximate surface area is 160 Å². The molecule has 0 unspecified atom stereocenters. The Kier molecular flexibility index (Phi) is 5.72. The van der Waals surface area contributed by atoms with E-state index in [1.54, 1.807) is 30.3 Å². The van der Waals surface area contributed by atoms with Crippen molar-refractivity contribution in [1.82, 2.24) is 20.2 Å². The predicted molar refractivity (Wildman–Crippen MR) is 104 cm³/mol. The van der Waals surface area contributed by atoms with E-state index in [0.29, 0.717) is 16.7 Å². The zero-order valence-corrected chi connectivity index (χ0v) is 15.4. The van der Waals surface area contributed by atoms with E-state index < -0.39 is 6.03 Å². The van der Waals surface area contributed by atoms with E-state index in [0.717, 1.165) is 10.6 Å². The number of rotatable bonds is 5. The van der Waals surface area contributed by atoms with Gasteiger partial charge >= 0.3 is 6.03 Å². The monoisotopic (exact) mass is 382 g/mol. The number of nitrogens with one attached hydrogen (secondary N) is 1. The SMILES string of the molecule is Cn1c(SCC(=O)NN(C(N)=O)c2ccccc2)nnc1-c1ccccc1. The number of para-hydroxylation sites is 1. The topological polar surface area (TPSA) is 106 Å². The number of hydrogen-bond donors (Lipinski definition) is 2. The molecular weight excluding hydrogens is 364 g/mol. The summed E-state index contributed by atoms with van der Waals surface area (Å²) in [4.78, 5) is 23.9. The highest BCUT2D eigenvalue weighted by atomic mass is 32.2. The fraction of sp³-hybridized carbons (Fsp3) is 0.111. The molecule has 9 heteroatoms. The summed E-state index contributed by atoms with van der Waals surface area (Å²) in [5, 5.41) is 9.90. The maximum atomic E-state index is 12.3. The number of benzene rings is 2. The molecule has 3 amide bonds. The average molecular weight is 382 g/mol. The summed E-state index contributed by atoms with van der Waals surface area (Å²) in [6, 6.07) is 17.5. The van der Waals surface area contributed by atoms with E-state index in [1.165, 1.54) is 11.8 Å². The molecule has 0 aliphatic rings. The molecule has 8 nitrogen and oxygen atoms in total. The summed E-state index contributed by atoms with van der Waals surface area (Å²) in [6.07, 6.45) is 0. The van der Waals surface area contributed by atoms with Crippen LogP contribution in [-0.4, -0.2) is 32.5 Å². The number of nitrogens with two attached hydrogens (primary N) is 1. The summed E-state index contributed by atoms with van der Waals surface area (Å²) in [5.74, 6) is 0.380. The van der Waals surface area contributed by atoms with Gasteiger partial charge in [-0.25, -0.2) is 9.80 Å². The van der Waals surface area contributed by atoms with Crippen molar-refractivity contribution in [3.63, 3.8) is 0 Å². The first-order chi connectivity index (χ1) is 13.1. The molecule has 0 saturated heterocycles. The van der Waals surface area contributed by atoms with Crippen molar-refractivity contribution >= 4 is 29.4 Å². The lowest BCUT2D eigenvalue weighted by atomic mass is 10.2. The first kappa shape index (κ1) is 18.5. The molecule has 1 aromatic heterocycles. The van der Waals surface area contributed by atoms with Gasteiger partial charge in [0, 0.05) is 12.6 Å². The number of nitrogens with zero attached hydrogens (tertiary/aromatic N) is 4. The minimum absolute atomic E-state index is 0.0530. The van der Waals surface area contributed by atoms with Crippen molar-refractivity contribution < 1.29 is 9.59 Å². The van der Waals surface area contributed by atoms with Crippen molar-refractivity contribution in [3.05, 3.63) is 60.7 Å². The Balaban J connectivity index is 1.64. The van der Waals surface area contributed by atoms with E-state index in [1.807, 2.05) is 41.9 Å². The van der Waals surface area contributed by atoms with Gasteiger partial charge in [0.15, 0.2) is 11.0 Å². The van der Waals surface area contributed by atoms with Gasteiger partial charge in [-0.3, -0.25) is 10.2 Å². The predicted octanol–water partition coefficient (Wildman–Crippen LogP) is 2.19. The van der Waals surface area contributed by atoms with E-state index in [4.69, 9.17) is 5.73 Å². The highest BCUT2D eigenvalue weighted by molar-refractivity contribution is 7.99. The number of aromatic nitrogens is 3. The molecule has 0 radical (unpaired) electrons. The maximum absolute atomic E-state index is 12.3. The highest BCUT2D eigenvalue weighted by Gasteiger charge is 2.17. The van der Waals surface area contributed by atoms with Gasteiger partial charge in [0.25, 0.3) is 0 Å². The van der Waals surface area contributed by atoms with Gasteiger partial charge < -0.3 is 10.3 Å². The molecule has 138 valence electrons. The standard InChI is InChI=1S/C18H18N6O2S/c1-23-16(13-8-4-2-5-9-13)20-21-18(23)27-12-15(25)22-24(17(19)26)14-10-6-3-7-11-14/h2-11H,12H2,1H3,(H2,19,26)(H,22,25). The largest absolute Gasteiger partial charge is 0.350 e. The van der Waals surface area contributed by atoms with Crippen LogP contribution in [-0.2, 0) is 11.8 Å². The Morgan fingerprint density at radius 3 is 2.33 bits per heavy atom. The minimum Gasteiger partial charge on any atom is -0.350 e. The van der Waals surface area contributed by atoms with Crippen LogP contribution in [0.4, 0.5) is 10.5 Å². The van der Waals surface area contributed by atoms with Gasteiger partial charge in [0.1, 0.15) is 0 Å². The van der Waals surface area contributed by atoms with E-state index >= 15 is 0 Å². The van der Waals surface area contributed by atoms with Gasteiger partial charge in [0.05, 0.1) is 11.4 Å². The van der Waals surface area contributed by atoms with E-state index in [9.17, 15) is 9.59 Å². The Hall–Kier alpha value is -3.33. The normalized spacial score (nSPS) is 10.4. The second-order valence-electron chi connectivity index (χ2n) is 5.56. The summed E-state index contributed by atoms with van der Waals surface area (Å²) in [6.45, 7) is 0. The molecule has 0 fully saturated rings. The summed E-state index contributed by atoms with van der Waals surface area (Å²) < 4.78 is 1.82. The third-order valence-corrected chi connectivity index (χ3v) is 4.69. The van der Waals surface area contributed by atoms with Crippen LogP contribution < -0.4 is 16.2 Å². The number of amides is 3. The fourth-order valence-electron chi connectivity index (χ4n) is 2.39. The quantitative estimate of drug-likeness (QED) is 0.520. The third kappa shape index (κ3) is 4.45. The Morgan fingerprint density at radius 2 is 1.70 bits per heavy atom. The number of anilines is 1. The number of hydrazine groups is 1. The van der Waals surface area contributed by atoms with Crippen LogP contribution in [0.3, 0.4) is 0 Å². The van der Waals surface area contributed by atoms with Crippen LogP contribution in [0, 0.1) is 0 Å². The van der Waals surface area contributed by atoms with Crippen molar-refractivity contribution in [2.75, 3.05) is 10.8 Å². The smallest absolute Gasteiger partial charge is 0.338 e. The molecule has 0 aliphatic carbocycles. The van der Waals surface area contributed by atoms with Crippen LogP contribution in [0.1, 0.15) is 0 Å². The number of carbonyl (C=O) groups excluding carboxylic acids is 2. The lowest BCUT2D eigenvalue weighted by Gasteiger charge is -2.20. The molecule has 3 aromatic rings. The molecule has 2 aromatic carbocycles. The molecule has 0 aliphatic heterocycles. The molecule has 27 heavy (non-hydrogen) atoms. The second-order valence-corrected chi connectivity index (χ2v) is 6.51. The molecule has 0 spiro atoms. The summed E-state index contributed by atoms with van der Waals surface area (Å²) >= 11 is 1.22. The van der Waals surface area contributed by atoms with Crippen LogP contribution in [0.25, 0.3) is 11.4 Å². The first-order valence-corrected chi connectivity index (χ1v) is 9.06. The van der Waals surface area contributed by atoms with Gasteiger partial charge in [-0.2, -0.15) is 0 Å². The Bertz CT molecular complexity index is 930. The molecule has 1 heterocycles. The van der Waals surface area contributed by atoms with Crippen LogP contribution in [0.5, 0.6) is 0 Å². The van der Waals surface area contributed by atoms with Crippen LogP contribution >= 0.6 is 11.8 Å². The van der Waals surface area contributed by atoms with Crippen LogP contribution in [0.15, 0.2) is 65.8 Å². The molecule has 0 saturated carbocycles. The van der Waals surface area contributed by atoms with Crippen molar-refractivity contribution in [3.8, 4) is 11.4 Å². The third-order valence-electron chi connectivity index (χ3n) is 3.67.